The third kappa shape index (κ3) is 2.38. The van der Waals surface area contributed by atoms with Crippen molar-refractivity contribution in [3.8, 4) is 11.6 Å². The van der Waals surface area contributed by atoms with Gasteiger partial charge in [-0.3, -0.25) is 4.79 Å². The summed E-state index contributed by atoms with van der Waals surface area (Å²) < 4.78 is 5.45. The molecule has 0 aliphatic carbocycles. The van der Waals surface area contributed by atoms with E-state index in [1.807, 2.05) is 0 Å². The molecule has 80 valence electrons. The fourth-order valence-corrected chi connectivity index (χ4v) is 1.33. The Kier molecular flexibility index (Phi) is 3.17. The Labute approximate surface area is 97.7 Å². The maximum absolute atomic E-state index is 10.5. The molecule has 1 aromatic carbocycles. The van der Waals surface area contributed by atoms with Crippen LogP contribution in [-0.4, -0.2) is 11.3 Å². The van der Waals surface area contributed by atoms with E-state index < -0.39 is 0 Å². The van der Waals surface area contributed by atoms with Gasteiger partial charge < -0.3 is 4.74 Å². The van der Waals surface area contributed by atoms with Gasteiger partial charge >= 0.3 is 0 Å². The number of nitrogens with zero attached hydrogens (tertiary/aromatic N) is 1. The van der Waals surface area contributed by atoms with Gasteiger partial charge in [-0.1, -0.05) is 11.6 Å². The lowest BCUT2D eigenvalue weighted by Crippen LogP contribution is -1.88. The molecule has 2 aromatic rings. The molecule has 0 saturated carbocycles. The van der Waals surface area contributed by atoms with Gasteiger partial charge in [0.25, 0.3) is 0 Å². The molecule has 0 fully saturated rings. The van der Waals surface area contributed by atoms with Crippen LogP contribution in [0.1, 0.15) is 10.4 Å². The Morgan fingerprint density at radius 2 is 1.94 bits per heavy atom. The molecule has 0 aliphatic heterocycles. The van der Waals surface area contributed by atoms with Gasteiger partial charge in [-0.2, -0.15) is 0 Å². The highest BCUT2D eigenvalue weighted by Gasteiger charge is 2.03. The first-order valence-corrected chi connectivity index (χ1v) is 5.01. The Bertz CT molecular complexity index is 497. The van der Waals surface area contributed by atoms with E-state index in [-0.39, 0.29) is 0 Å². The minimum Gasteiger partial charge on any atom is -0.438 e. The van der Waals surface area contributed by atoms with Crippen LogP contribution in [0, 0.1) is 0 Å². The number of benzene rings is 1. The summed E-state index contributed by atoms with van der Waals surface area (Å²) in [4.78, 5) is 14.4. The van der Waals surface area contributed by atoms with Crippen LogP contribution in [-0.2, 0) is 0 Å². The summed E-state index contributed by atoms with van der Waals surface area (Å²) in [6, 6.07) is 10.1. The van der Waals surface area contributed by atoms with Gasteiger partial charge in [-0.25, -0.2) is 4.98 Å². The smallest absolute Gasteiger partial charge is 0.238 e. The van der Waals surface area contributed by atoms with Gasteiger partial charge in [0, 0.05) is 11.8 Å². The van der Waals surface area contributed by atoms with Crippen molar-refractivity contribution >= 4 is 17.9 Å². The third-order valence-electron chi connectivity index (χ3n) is 1.96. The average molecular weight is 234 g/mol. The van der Waals surface area contributed by atoms with Crippen molar-refractivity contribution in [2.75, 3.05) is 0 Å². The number of aromatic nitrogens is 1. The Balaban J connectivity index is 2.21. The van der Waals surface area contributed by atoms with E-state index in [2.05, 4.69) is 4.98 Å². The molecule has 2 rings (SSSR count). The Hall–Kier alpha value is -1.87. The van der Waals surface area contributed by atoms with Crippen molar-refractivity contribution in [1.82, 2.24) is 4.98 Å². The lowest BCUT2D eigenvalue weighted by Gasteiger charge is -2.05. The lowest BCUT2D eigenvalue weighted by molar-refractivity contribution is 0.112. The quantitative estimate of drug-likeness (QED) is 0.764. The second-order valence-corrected chi connectivity index (χ2v) is 3.49. The molecule has 0 amide bonds. The summed E-state index contributed by atoms with van der Waals surface area (Å²) in [6.07, 6.45) is 2.37. The Morgan fingerprint density at radius 3 is 2.56 bits per heavy atom. The molecule has 0 atom stereocenters. The zero-order chi connectivity index (χ0) is 11.4. The number of carbonyl (C=O) groups excluding carboxylic acids is 1. The van der Waals surface area contributed by atoms with Crippen LogP contribution in [0.15, 0.2) is 42.6 Å². The van der Waals surface area contributed by atoms with Crippen molar-refractivity contribution in [2.24, 2.45) is 0 Å². The van der Waals surface area contributed by atoms with Gasteiger partial charge in [0.15, 0.2) is 0 Å². The van der Waals surface area contributed by atoms with Crippen molar-refractivity contribution in [3.63, 3.8) is 0 Å². The fourth-order valence-electron chi connectivity index (χ4n) is 1.17. The summed E-state index contributed by atoms with van der Waals surface area (Å²) in [5.74, 6) is 0.939. The summed E-state index contributed by atoms with van der Waals surface area (Å²) in [5, 5.41) is 0.446. The van der Waals surface area contributed by atoms with Crippen LogP contribution in [0.3, 0.4) is 0 Å². The fraction of sp³-hybridized carbons (Fsp3) is 0. The molecule has 0 aliphatic rings. The van der Waals surface area contributed by atoms with E-state index in [0.29, 0.717) is 22.2 Å². The molecule has 0 N–H and O–H groups in total. The molecule has 0 unspecified atom stereocenters. The number of ether oxygens (including phenoxy) is 1. The van der Waals surface area contributed by atoms with E-state index in [9.17, 15) is 4.79 Å². The van der Waals surface area contributed by atoms with E-state index in [0.717, 1.165) is 6.29 Å². The molecule has 4 heteroatoms. The molecule has 0 bridgehead atoms. The highest BCUT2D eigenvalue weighted by atomic mass is 35.5. The van der Waals surface area contributed by atoms with Gasteiger partial charge in [-0.15, -0.1) is 0 Å². The summed E-state index contributed by atoms with van der Waals surface area (Å²) in [7, 11) is 0. The largest absolute Gasteiger partial charge is 0.438 e. The highest BCUT2D eigenvalue weighted by molar-refractivity contribution is 6.31. The van der Waals surface area contributed by atoms with Crippen molar-refractivity contribution in [2.45, 2.75) is 0 Å². The highest BCUT2D eigenvalue weighted by Crippen LogP contribution is 2.26. The topological polar surface area (TPSA) is 39.2 Å². The second kappa shape index (κ2) is 4.77. The van der Waals surface area contributed by atoms with Crippen LogP contribution in [0.5, 0.6) is 11.6 Å². The number of aldehydes is 1. The van der Waals surface area contributed by atoms with E-state index in [4.69, 9.17) is 16.3 Å². The van der Waals surface area contributed by atoms with Crippen LogP contribution in [0.4, 0.5) is 0 Å². The van der Waals surface area contributed by atoms with Crippen LogP contribution < -0.4 is 4.74 Å². The predicted octanol–water partition coefficient (Wildman–Crippen LogP) is 3.34. The summed E-state index contributed by atoms with van der Waals surface area (Å²) in [5.41, 5.74) is 0.597. The van der Waals surface area contributed by atoms with Gasteiger partial charge in [0.1, 0.15) is 17.1 Å². The van der Waals surface area contributed by atoms with Crippen molar-refractivity contribution in [3.05, 3.63) is 53.2 Å². The van der Waals surface area contributed by atoms with Gasteiger partial charge in [0.05, 0.1) is 0 Å². The molecule has 1 aromatic heterocycles. The number of carbonyl (C=O) groups is 1. The van der Waals surface area contributed by atoms with E-state index >= 15 is 0 Å². The average Bonchev–Trinajstić information content (AvgIpc) is 2.33. The first-order chi connectivity index (χ1) is 7.79. The normalized spacial score (nSPS) is 9.81. The van der Waals surface area contributed by atoms with E-state index in [1.165, 1.54) is 0 Å². The first-order valence-electron chi connectivity index (χ1n) is 4.63. The number of halogens is 1. The lowest BCUT2D eigenvalue weighted by atomic mass is 10.2. The van der Waals surface area contributed by atoms with Gasteiger partial charge in [0.2, 0.25) is 5.88 Å². The molecule has 16 heavy (non-hydrogen) atoms. The second-order valence-electron chi connectivity index (χ2n) is 3.08. The number of hydrogen-bond acceptors (Lipinski definition) is 3. The number of rotatable bonds is 3. The summed E-state index contributed by atoms with van der Waals surface area (Å²) >= 11 is 5.89. The minimum absolute atomic E-state index is 0.350. The zero-order valence-corrected chi connectivity index (χ0v) is 9.02. The van der Waals surface area contributed by atoms with Crippen LogP contribution in [0.2, 0.25) is 5.02 Å². The molecule has 3 nitrogen and oxygen atoms in total. The van der Waals surface area contributed by atoms with Gasteiger partial charge in [-0.05, 0) is 36.4 Å². The summed E-state index contributed by atoms with van der Waals surface area (Å²) in [6.45, 7) is 0. The maximum atomic E-state index is 10.5. The molecule has 0 spiro atoms. The Morgan fingerprint density at radius 1 is 1.19 bits per heavy atom. The predicted molar refractivity (Wildman–Crippen MR) is 61.2 cm³/mol. The number of hydrogen-bond donors (Lipinski definition) is 0. The van der Waals surface area contributed by atoms with Crippen molar-refractivity contribution < 1.29 is 9.53 Å². The molecular weight excluding hydrogens is 226 g/mol. The van der Waals surface area contributed by atoms with E-state index in [1.54, 1.807) is 42.6 Å². The minimum atomic E-state index is 0.350. The van der Waals surface area contributed by atoms with Crippen LogP contribution >= 0.6 is 11.6 Å². The first kappa shape index (κ1) is 10.6. The number of pyridine rings is 1. The monoisotopic (exact) mass is 233 g/mol. The van der Waals surface area contributed by atoms with Crippen molar-refractivity contribution in [1.29, 1.82) is 0 Å². The SMILES string of the molecule is O=Cc1ccc(Oc2ncccc2Cl)cc1. The van der Waals surface area contributed by atoms with Crippen LogP contribution in [0.25, 0.3) is 0 Å². The maximum Gasteiger partial charge on any atom is 0.238 e. The zero-order valence-electron chi connectivity index (χ0n) is 8.26. The molecule has 0 radical (unpaired) electrons. The molecular formula is C12H8ClNO2. The third-order valence-corrected chi connectivity index (χ3v) is 2.24. The standard InChI is InChI=1S/C12H8ClNO2/c13-11-2-1-7-14-12(11)16-10-5-3-9(8-15)4-6-10/h1-8H. The molecule has 0 saturated heterocycles. The molecule has 1 heterocycles.